The summed E-state index contributed by atoms with van der Waals surface area (Å²) >= 11 is 0. The third-order valence-corrected chi connectivity index (χ3v) is 1.32. The number of aromatic nitrogens is 2. The minimum absolute atomic E-state index is 0.426. The van der Waals surface area contributed by atoms with Gasteiger partial charge in [0.1, 0.15) is 0 Å². The van der Waals surface area contributed by atoms with Gasteiger partial charge in [-0.15, -0.1) is 0 Å². The van der Waals surface area contributed by atoms with E-state index in [1.54, 1.807) is 12.3 Å². The van der Waals surface area contributed by atoms with E-state index in [0.29, 0.717) is 16.5 Å². The minimum atomic E-state index is 0.426. The molecular formula is C6H5N3O. The van der Waals surface area contributed by atoms with Gasteiger partial charge in [-0.1, -0.05) is 0 Å². The first-order valence-electron chi connectivity index (χ1n) is 2.83. The molecule has 2 N–H and O–H groups in total. The Hall–Kier alpha value is -1.58. The molecule has 2 heterocycles. The van der Waals surface area contributed by atoms with Gasteiger partial charge in [0.2, 0.25) is 5.71 Å². The highest BCUT2D eigenvalue weighted by molar-refractivity contribution is 5.70. The van der Waals surface area contributed by atoms with E-state index >= 15 is 0 Å². The normalized spacial score (nSPS) is 10.4. The maximum Gasteiger partial charge on any atom is 0.223 e. The molecule has 0 saturated heterocycles. The Morgan fingerprint density at radius 2 is 2.50 bits per heavy atom. The van der Waals surface area contributed by atoms with Crippen molar-refractivity contribution in [3.05, 3.63) is 23.9 Å². The fraction of sp³-hybridized carbons (Fsp3) is 0. The topological polar surface area (TPSA) is 65.7 Å². The maximum atomic E-state index is 7.36. The lowest BCUT2D eigenvalue weighted by Gasteiger charge is -1.83. The molecule has 0 amide bonds. The van der Waals surface area contributed by atoms with Gasteiger partial charge in [-0.2, -0.15) is 5.10 Å². The Bertz CT molecular complexity index is 400. The SMILES string of the molecule is N=c1ccoc2[nH]ncc12. The molecule has 2 aromatic rings. The molecule has 50 valence electrons. The first-order chi connectivity index (χ1) is 4.88. The highest BCUT2D eigenvalue weighted by atomic mass is 16.3. The summed E-state index contributed by atoms with van der Waals surface area (Å²) in [7, 11) is 0. The van der Waals surface area contributed by atoms with Crippen molar-refractivity contribution in [2.45, 2.75) is 0 Å². The van der Waals surface area contributed by atoms with E-state index in [2.05, 4.69) is 10.2 Å². The summed E-state index contributed by atoms with van der Waals surface area (Å²) in [6.07, 6.45) is 3.03. The molecule has 4 heteroatoms. The monoisotopic (exact) mass is 135 g/mol. The van der Waals surface area contributed by atoms with Crippen LogP contribution >= 0.6 is 0 Å². The van der Waals surface area contributed by atoms with Crippen molar-refractivity contribution in [3.8, 4) is 0 Å². The van der Waals surface area contributed by atoms with Crippen molar-refractivity contribution in [1.29, 1.82) is 5.41 Å². The predicted molar refractivity (Wildman–Crippen MR) is 34.2 cm³/mol. The van der Waals surface area contributed by atoms with Gasteiger partial charge in [0.15, 0.2) is 0 Å². The first-order valence-corrected chi connectivity index (χ1v) is 2.83. The lowest BCUT2D eigenvalue weighted by Crippen LogP contribution is -1.95. The van der Waals surface area contributed by atoms with Crippen LogP contribution in [0.1, 0.15) is 0 Å². The van der Waals surface area contributed by atoms with Crippen LogP contribution in [-0.2, 0) is 0 Å². The molecule has 0 spiro atoms. The Kier molecular flexibility index (Phi) is 0.887. The third kappa shape index (κ3) is 0.556. The number of hydrogen-bond acceptors (Lipinski definition) is 3. The molecule has 0 aliphatic heterocycles. The van der Waals surface area contributed by atoms with Crippen molar-refractivity contribution in [3.63, 3.8) is 0 Å². The van der Waals surface area contributed by atoms with Crippen LogP contribution in [0.2, 0.25) is 0 Å². The molecule has 0 bridgehead atoms. The summed E-state index contributed by atoms with van der Waals surface area (Å²) in [5.41, 5.74) is 0.549. The Labute approximate surface area is 56.0 Å². The molecule has 10 heavy (non-hydrogen) atoms. The number of nitrogens with one attached hydrogen (secondary N) is 2. The highest BCUT2D eigenvalue weighted by Gasteiger charge is 1.95. The van der Waals surface area contributed by atoms with Crippen LogP contribution in [0.4, 0.5) is 0 Å². The fourth-order valence-corrected chi connectivity index (χ4v) is 0.816. The second-order valence-electron chi connectivity index (χ2n) is 1.95. The van der Waals surface area contributed by atoms with E-state index in [1.807, 2.05) is 0 Å². The number of H-pyrrole nitrogens is 1. The molecule has 0 aromatic carbocycles. The first kappa shape index (κ1) is 5.22. The van der Waals surface area contributed by atoms with Crippen LogP contribution in [0.3, 0.4) is 0 Å². The summed E-state index contributed by atoms with van der Waals surface area (Å²) in [5.74, 6) is 0. The largest absolute Gasteiger partial charge is 0.446 e. The highest BCUT2D eigenvalue weighted by Crippen LogP contribution is 2.01. The molecular weight excluding hydrogens is 130 g/mol. The molecule has 0 radical (unpaired) electrons. The van der Waals surface area contributed by atoms with Crippen molar-refractivity contribution in [1.82, 2.24) is 10.2 Å². The molecule has 0 saturated carbocycles. The van der Waals surface area contributed by atoms with E-state index in [0.717, 1.165) is 0 Å². The van der Waals surface area contributed by atoms with Crippen LogP contribution in [0, 0.1) is 5.41 Å². The van der Waals surface area contributed by atoms with Gasteiger partial charge < -0.3 is 4.42 Å². The molecule has 0 atom stereocenters. The quantitative estimate of drug-likeness (QED) is 0.556. The maximum absolute atomic E-state index is 7.36. The predicted octanol–water partition coefficient (Wildman–Crippen LogP) is 0.635. The Morgan fingerprint density at radius 1 is 1.60 bits per heavy atom. The molecule has 2 aromatic heterocycles. The van der Waals surface area contributed by atoms with E-state index in [4.69, 9.17) is 9.83 Å². The standard InChI is InChI=1S/C6H5N3O/c7-5-1-2-10-6-4(5)3-8-9-6/h1-3,7H,(H,8,9). The Balaban J connectivity index is 3.09. The number of hydrogen-bond donors (Lipinski definition) is 2. The van der Waals surface area contributed by atoms with Crippen molar-refractivity contribution in [2.24, 2.45) is 0 Å². The van der Waals surface area contributed by atoms with Gasteiger partial charge in [0, 0.05) is 0 Å². The Morgan fingerprint density at radius 3 is 3.30 bits per heavy atom. The molecule has 0 aliphatic carbocycles. The third-order valence-electron chi connectivity index (χ3n) is 1.32. The summed E-state index contributed by atoms with van der Waals surface area (Å²) in [4.78, 5) is 0. The number of aromatic amines is 1. The molecule has 0 aliphatic rings. The molecule has 0 unspecified atom stereocenters. The van der Waals surface area contributed by atoms with Crippen molar-refractivity contribution < 1.29 is 4.42 Å². The average molecular weight is 135 g/mol. The zero-order valence-corrected chi connectivity index (χ0v) is 5.09. The van der Waals surface area contributed by atoms with E-state index in [1.165, 1.54) is 6.26 Å². The minimum Gasteiger partial charge on any atom is -0.446 e. The second kappa shape index (κ2) is 1.70. The van der Waals surface area contributed by atoms with Gasteiger partial charge in [-0.05, 0) is 6.07 Å². The molecule has 4 nitrogen and oxygen atoms in total. The van der Waals surface area contributed by atoms with Crippen LogP contribution < -0.4 is 5.36 Å². The summed E-state index contributed by atoms with van der Waals surface area (Å²) < 4.78 is 4.99. The van der Waals surface area contributed by atoms with Crippen LogP contribution in [-0.4, -0.2) is 10.2 Å². The summed E-state index contributed by atoms with van der Waals surface area (Å²) in [6, 6.07) is 1.58. The van der Waals surface area contributed by atoms with Gasteiger partial charge in [-0.3, -0.25) is 5.41 Å². The molecule has 0 fully saturated rings. The van der Waals surface area contributed by atoms with Gasteiger partial charge >= 0.3 is 0 Å². The number of fused-ring (bicyclic) bond motifs is 1. The zero-order chi connectivity index (χ0) is 6.97. The second-order valence-corrected chi connectivity index (χ2v) is 1.95. The van der Waals surface area contributed by atoms with Crippen LogP contribution in [0.25, 0.3) is 11.1 Å². The smallest absolute Gasteiger partial charge is 0.223 e. The zero-order valence-electron chi connectivity index (χ0n) is 5.09. The van der Waals surface area contributed by atoms with Crippen molar-refractivity contribution in [2.75, 3.05) is 0 Å². The van der Waals surface area contributed by atoms with Gasteiger partial charge in [0.05, 0.1) is 23.2 Å². The van der Waals surface area contributed by atoms with E-state index in [-0.39, 0.29) is 0 Å². The van der Waals surface area contributed by atoms with Gasteiger partial charge in [0.25, 0.3) is 0 Å². The fourth-order valence-electron chi connectivity index (χ4n) is 0.816. The lowest BCUT2D eigenvalue weighted by atomic mass is 10.4. The average Bonchev–Trinajstić information content (AvgIpc) is 2.36. The van der Waals surface area contributed by atoms with E-state index in [9.17, 15) is 0 Å². The molecule has 2 rings (SSSR count). The summed E-state index contributed by atoms with van der Waals surface area (Å²) in [5, 5.41) is 14.8. The van der Waals surface area contributed by atoms with Crippen LogP contribution in [0.5, 0.6) is 0 Å². The van der Waals surface area contributed by atoms with Crippen LogP contribution in [0.15, 0.2) is 22.9 Å². The number of rotatable bonds is 0. The van der Waals surface area contributed by atoms with Gasteiger partial charge in [-0.25, -0.2) is 5.10 Å². The number of nitrogens with zero attached hydrogens (tertiary/aromatic N) is 1. The van der Waals surface area contributed by atoms with E-state index < -0.39 is 0 Å². The lowest BCUT2D eigenvalue weighted by molar-refractivity contribution is 0.587. The summed E-state index contributed by atoms with van der Waals surface area (Å²) in [6.45, 7) is 0. The van der Waals surface area contributed by atoms with Crippen molar-refractivity contribution >= 4 is 11.1 Å².